The molecule has 0 unspecified atom stereocenters. The van der Waals surface area contributed by atoms with Crippen LogP contribution in [0, 0.1) is 0 Å². The number of para-hydroxylation sites is 2. The Morgan fingerprint density at radius 1 is 1.05 bits per heavy atom. The summed E-state index contributed by atoms with van der Waals surface area (Å²) in [5, 5.41) is 0.560. The molecule has 0 amide bonds. The third-order valence-corrected chi connectivity index (χ3v) is 5.75. The molecule has 7 heteroatoms. The zero-order valence-electron chi connectivity index (χ0n) is 11.4. The molecule has 0 radical (unpaired) electrons. The van der Waals surface area contributed by atoms with E-state index < -0.39 is 9.84 Å². The van der Waals surface area contributed by atoms with Crippen LogP contribution in [0.5, 0.6) is 0 Å². The van der Waals surface area contributed by atoms with Crippen LogP contribution in [0.15, 0.2) is 47.4 Å². The topological polar surface area (TPSA) is 62.8 Å². The van der Waals surface area contributed by atoms with Crippen molar-refractivity contribution in [3.05, 3.63) is 58.3 Å². The predicted octanol–water partition coefficient (Wildman–Crippen LogP) is 3.89. The van der Waals surface area contributed by atoms with E-state index in [1.54, 1.807) is 0 Å². The quantitative estimate of drug-likeness (QED) is 0.772. The zero-order valence-corrected chi connectivity index (χ0v) is 13.7. The third-order valence-electron chi connectivity index (χ3n) is 3.30. The maximum absolute atomic E-state index is 12.3. The second kappa shape index (κ2) is 5.91. The predicted molar refractivity (Wildman–Crippen MR) is 88.3 cm³/mol. The molecule has 114 valence electrons. The van der Waals surface area contributed by atoms with Crippen molar-refractivity contribution in [2.75, 3.05) is 5.75 Å². The van der Waals surface area contributed by atoms with E-state index in [2.05, 4.69) is 9.97 Å². The summed E-state index contributed by atoms with van der Waals surface area (Å²) in [6.07, 6.45) is 0.303. The number of aryl methyl sites for hydroxylation is 1. The Morgan fingerprint density at radius 2 is 1.82 bits per heavy atom. The van der Waals surface area contributed by atoms with Gasteiger partial charge in [-0.05, 0) is 30.3 Å². The molecule has 1 N–H and O–H groups in total. The van der Waals surface area contributed by atoms with Gasteiger partial charge < -0.3 is 4.98 Å². The van der Waals surface area contributed by atoms with E-state index in [1.165, 1.54) is 18.2 Å². The summed E-state index contributed by atoms with van der Waals surface area (Å²) >= 11 is 11.7. The lowest BCUT2D eigenvalue weighted by Crippen LogP contribution is -2.10. The van der Waals surface area contributed by atoms with Gasteiger partial charge in [0.2, 0.25) is 0 Å². The van der Waals surface area contributed by atoms with Gasteiger partial charge in [-0.1, -0.05) is 35.3 Å². The van der Waals surface area contributed by atoms with Crippen LogP contribution >= 0.6 is 23.2 Å². The van der Waals surface area contributed by atoms with Crippen molar-refractivity contribution in [1.82, 2.24) is 9.97 Å². The number of nitrogens with zero attached hydrogens (tertiary/aromatic N) is 1. The molecule has 0 atom stereocenters. The number of sulfone groups is 1. The molecule has 22 heavy (non-hydrogen) atoms. The molecule has 0 aliphatic heterocycles. The van der Waals surface area contributed by atoms with Crippen molar-refractivity contribution in [3.8, 4) is 0 Å². The highest BCUT2D eigenvalue weighted by atomic mass is 35.5. The minimum atomic E-state index is -3.44. The highest BCUT2D eigenvalue weighted by molar-refractivity contribution is 7.91. The molecule has 0 aliphatic carbocycles. The number of rotatable bonds is 4. The standard InChI is InChI=1S/C15H12Cl2N2O2S/c16-11-6-5-10(9-12(11)17)22(20,21)8-7-15-18-13-3-1-2-4-14(13)19-15/h1-6,9H,7-8H2,(H,18,19). The Bertz CT molecular complexity index is 903. The fraction of sp³-hybridized carbons (Fsp3) is 0.133. The van der Waals surface area contributed by atoms with E-state index in [4.69, 9.17) is 23.2 Å². The van der Waals surface area contributed by atoms with Crippen LogP contribution in [0.4, 0.5) is 0 Å². The number of halogens is 2. The molecule has 2 aromatic carbocycles. The first-order valence-electron chi connectivity index (χ1n) is 6.57. The number of imidazole rings is 1. The first kappa shape index (κ1) is 15.3. The zero-order chi connectivity index (χ0) is 15.7. The summed E-state index contributed by atoms with van der Waals surface area (Å²) < 4.78 is 24.7. The number of aromatic nitrogens is 2. The van der Waals surface area contributed by atoms with Crippen molar-refractivity contribution in [2.45, 2.75) is 11.3 Å². The van der Waals surface area contributed by atoms with Crippen LogP contribution in [0.2, 0.25) is 10.0 Å². The molecule has 0 bridgehead atoms. The smallest absolute Gasteiger partial charge is 0.178 e. The van der Waals surface area contributed by atoms with E-state index >= 15 is 0 Å². The third kappa shape index (κ3) is 3.11. The number of nitrogens with one attached hydrogen (secondary N) is 1. The Labute approximate surface area is 138 Å². The molecule has 0 spiro atoms. The van der Waals surface area contributed by atoms with Crippen molar-refractivity contribution < 1.29 is 8.42 Å². The van der Waals surface area contributed by atoms with Crippen LogP contribution in [0.25, 0.3) is 11.0 Å². The lowest BCUT2D eigenvalue weighted by molar-refractivity contribution is 0.594. The summed E-state index contributed by atoms with van der Waals surface area (Å²) in [7, 11) is -3.44. The van der Waals surface area contributed by atoms with Gasteiger partial charge >= 0.3 is 0 Å². The number of H-pyrrole nitrogens is 1. The first-order chi connectivity index (χ1) is 10.5. The van der Waals surface area contributed by atoms with Gasteiger partial charge in [-0.25, -0.2) is 13.4 Å². The van der Waals surface area contributed by atoms with E-state index in [1.807, 2.05) is 24.3 Å². The monoisotopic (exact) mass is 354 g/mol. The average molecular weight is 355 g/mol. The fourth-order valence-electron chi connectivity index (χ4n) is 2.14. The van der Waals surface area contributed by atoms with Gasteiger partial charge in [0, 0.05) is 6.42 Å². The van der Waals surface area contributed by atoms with E-state index in [0.717, 1.165) is 11.0 Å². The second-order valence-corrected chi connectivity index (χ2v) is 7.77. The van der Waals surface area contributed by atoms with Crippen molar-refractivity contribution in [2.24, 2.45) is 0 Å². The Balaban J connectivity index is 1.80. The maximum atomic E-state index is 12.3. The number of hydrogen-bond donors (Lipinski definition) is 1. The molecular weight excluding hydrogens is 343 g/mol. The molecule has 0 saturated heterocycles. The highest BCUT2D eigenvalue weighted by Gasteiger charge is 2.17. The van der Waals surface area contributed by atoms with Crippen LogP contribution in [0.3, 0.4) is 0 Å². The first-order valence-corrected chi connectivity index (χ1v) is 8.98. The minimum absolute atomic E-state index is 0.0508. The van der Waals surface area contributed by atoms with Crippen molar-refractivity contribution in [3.63, 3.8) is 0 Å². The Morgan fingerprint density at radius 3 is 2.55 bits per heavy atom. The summed E-state index contributed by atoms with van der Waals surface area (Å²) in [6, 6.07) is 11.9. The molecule has 1 heterocycles. The molecule has 4 nitrogen and oxygen atoms in total. The van der Waals surface area contributed by atoms with Crippen molar-refractivity contribution >= 4 is 44.1 Å². The molecule has 1 aromatic heterocycles. The minimum Gasteiger partial charge on any atom is -0.342 e. The summed E-state index contributed by atoms with van der Waals surface area (Å²) in [5.74, 6) is 0.593. The molecule has 3 aromatic rings. The molecule has 0 aliphatic rings. The molecule has 0 fully saturated rings. The average Bonchev–Trinajstić information content (AvgIpc) is 2.91. The van der Waals surface area contributed by atoms with Crippen molar-refractivity contribution in [1.29, 1.82) is 0 Å². The fourth-order valence-corrected chi connectivity index (χ4v) is 3.78. The van der Waals surface area contributed by atoms with Gasteiger partial charge in [0.1, 0.15) is 5.82 Å². The summed E-state index contributed by atoms with van der Waals surface area (Å²) in [5.41, 5.74) is 1.72. The number of hydrogen-bond acceptors (Lipinski definition) is 3. The van der Waals surface area contributed by atoms with Gasteiger partial charge in [0.25, 0.3) is 0 Å². The van der Waals surface area contributed by atoms with Gasteiger partial charge in [0.15, 0.2) is 9.84 Å². The Hall–Kier alpha value is -1.56. The number of benzene rings is 2. The number of aromatic amines is 1. The summed E-state index contributed by atoms with van der Waals surface area (Å²) in [6.45, 7) is 0. The lowest BCUT2D eigenvalue weighted by atomic mass is 10.3. The van der Waals surface area contributed by atoms with Gasteiger partial charge in [-0.2, -0.15) is 0 Å². The lowest BCUT2D eigenvalue weighted by Gasteiger charge is -2.04. The van der Waals surface area contributed by atoms with E-state index in [-0.39, 0.29) is 15.7 Å². The van der Waals surface area contributed by atoms with E-state index in [0.29, 0.717) is 17.3 Å². The van der Waals surface area contributed by atoms with Crippen LogP contribution < -0.4 is 0 Å². The normalized spacial score (nSPS) is 11.9. The Kier molecular flexibility index (Phi) is 4.12. The summed E-state index contributed by atoms with van der Waals surface area (Å²) in [4.78, 5) is 7.66. The molecule has 3 rings (SSSR count). The number of fused-ring (bicyclic) bond motifs is 1. The SMILES string of the molecule is O=S(=O)(CCc1nc2ccccc2[nH]1)c1ccc(Cl)c(Cl)c1. The highest BCUT2D eigenvalue weighted by Crippen LogP contribution is 2.25. The van der Waals surface area contributed by atoms with Crippen LogP contribution in [-0.4, -0.2) is 24.1 Å². The maximum Gasteiger partial charge on any atom is 0.178 e. The largest absolute Gasteiger partial charge is 0.342 e. The van der Waals surface area contributed by atoms with Gasteiger partial charge in [0.05, 0.1) is 31.7 Å². The molecule has 0 saturated carbocycles. The van der Waals surface area contributed by atoms with Gasteiger partial charge in [-0.15, -0.1) is 0 Å². The van der Waals surface area contributed by atoms with Gasteiger partial charge in [-0.3, -0.25) is 0 Å². The van der Waals surface area contributed by atoms with Crippen LogP contribution in [0.1, 0.15) is 5.82 Å². The second-order valence-electron chi connectivity index (χ2n) is 4.85. The van der Waals surface area contributed by atoms with E-state index in [9.17, 15) is 8.42 Å². The van der Waals surface area contributed by atoms with Crippen LogP contribution in [-0.2, 0) is 16.3 Å². The molecular formula is C15H12Cl2N2O2S.